The van der Waals surface area contributed by atoms with E-state index in [0.29, 0.717) is 23.1 Å². The van der Waals surface area contributed by atoms with Gasteiger partial charge < -0.3 is 30.7 Å². The quantitative estimate of drug-likeness (QED) is 0.409. The summed E-state index contributed by atoms with van der Waals surface area (Å²) in [7, 11) is 1.82. The van der Waals surface area contributed by atoms with Gasteiger partial charge in [0, 0.05) is 73.7 Å². The van der Waals surface area contributed by atoms with Crippen molar-refractivity contribution in [1.29, 1.82) is 5.41 Å². The van der Waals surface area contributed by atoms with Crippen molar-refractivity contribution < 1.29 is 9.53 Å². The van der Waals surface area contributed by atoms with E-state index < -0.39 is 0 Å². The number of ether oxygens (including phenoxy) is 1. The first kappa shape index (κ1) is 25.0. The fraction of sp³-hybridized carbons (Fsp3) is 0.519. The molecule has 0 bridgehead atoms. The summed E-state index contributed by atoms with van der Waals surface area (Å²) in [6, 6.07) is 4.10. The molecular formula is C27H37N5O3. The number of rotatable bonds is 9. The van der Waals surface area contributed by atoms with Gasteiger partial charge in [-0.3, -0.25) is 9.59 Å². The maximum absolute atomic E-state index is 13.6. The molecule has 2 heterocycles. The Morgan fingerprint density at radius 2 is 1.94 bits per heavy atom. The van der Waals surface area contributed by atoms with Gasteiger partial charge in [0.2, 0.25) is 0 Å². The number of nitrogens with one attached hydrogen (secondary N) is 4. The summed E-state index contributed by atoms with van der Waals surface area (Å²) in [6.45, 7) is 8.28. The Kier molecular flexibility index (Phi) is 7.60. The molecule has 1 aromatic heterocycles. The second kappa shape index (κ2) is 10.6. The second-order valence-corrected chi connectivity index (χ2v) is 9.57. The Bertz CT molecular complexity index is 1160. The molecule has 8 heteroatoms. The number of hydrogen-bond donors (Lipinski definition) is 4. The molecule has 0 spiro atoms. The van der Waals surface area contributed by atoms with Crippen LogP contribution < -0.4 is 21.1 Å². The molecule has 188 valence electrons. The second-order valence-electron chi connectivity index (χ2n) is 9.57. The summed E-state index contributed by atoms with van der Waals surface area (Å²) in [5.74, 6) is 0.109. The van der Waals surface area contributed by atoms with Gasteiger partial charge >= 0.3 is 0 Å². The predicted molar refractivity (Wildman–Crippen MR) is 140 cm³/mol. The average molecular weight is 480 g/mol. The highest BCUT2D eigenvalue weighted by Gasteiger charge is 2.36. The Morgan fingerprint density at radius 1 is 1.23 bits per heavy atom. The van der Waals surface area contributed by atoms with E-state index in [-0.39, 0.29) is 18.0 Å². The van der Waals surface area contributed by atoms with Crippen molar-refractivity contribution in [1.82, 2.24) is 10.3 Å². The molecule has 2 aromatic rings. The highest BCUT2D eigenvalue weighted by atomic mass is 16.5. The number of carbonyl (C=O) groups is 1. The minimum absolute atomic E-state index is 0.165. The first-order chi connectivity index (χ1) is 16.9. The lowest BCUT2D eigenvalue weighted by atomic mass is 9.92. The van der Waals surface area contributed by atoms with E-state index in [9.17, 15) is 9.59 Å². The Hall–Kier alpha value is -3.13. The lowest BCUT2D eigenvalue weighted by molar-refractivity contribution is 0.0845. The van der Waals surface area contributed by atoms with E-state index >= 15 is 0 Å². The number of benzene rings is 1. The van der Waals surface area contributed by atoms with E-state index in [1.807, 2.05) is 33.0 Å². The Labute approximate surface area is 207 Å². The van der Waals surface area contributed by atoms with Crippen LogP contribution in [0.5, 0.6) is 0 Å². The van der Waals surface area contributed by atoms with Gasteiger partial charge in [-0.1, -0.05) is 0 Å². The number of amides is 1. The van der Waals surface area contributed by atoms with Crippen LogP contribution in [0.4, 0.5) is 11.4 Å². The van der Waals surface area contributed by atoms with Crippen molar-refractivity contribution >= 4 is 23.5 Å². The minimum Gasteiger partial charge on any atom is -0.388 e. The number of hydrogen-bond acceptors (Lipinski definition) is 6. The van der Waals surface area contributed by atoms with E-state index in [1.54, 1.807) is 0 Å². The average Bonchev–Trinajstić information content (AvgIpc) is 3.68. The molecule has 4 rings (SSSR count). The topological polar surface area (TPSA) is 110 Å². The molecule has 1 aliphatic carbocycles. The van der Waals surface area contributed by atoms with Crippen LogP contribution in [-0.2, 0) is 11.3 Å². The molecule has 1 saturated carbocycles. The third-order valence-corrected chi connectivity index (χ3v) is 7.20. The van der Waals surface area contributed by atoms with Crippen molar-refractivity contribution in [2.45, 2.75) is 65.0 Å². The fourth-order valence-electron chi connectivity index (χ4n) is 5.30. The SMILES string of the molecule is CCN(c1c(C=N)c(NC)cc(C(=O)NCc2c(C)cc(C)[nH]c2=O)c1C1CC1)C1CCOCC1. The minimum atomic E-state index is -0.191. The van der Waals surface area contributed by atoms with Crippen molar-refractivity contribution in [2.24, 2.45) is 0 Å². The molecule has 4 N–H and O–H groups in total. The summed E-state index contributed by atoms with van der Waals surface area (Å²) in [5.41, 5.74) is 6.31. The highest BCUT2D eigenvalue weighted by Crippen LogP contribution is 2.49. The molecule has 0 radical (unpaired) electrons. The Balaban J connectivity index is 1.77. The molecule has 1 aromatic carbocycles. The lowest BCUT2D eigenvalue weighted by Crippen LogP contribution is -2.41. The maximum Gasteiger partial charge on any atom is 0.253 e. The van der Waals surface area contributed by atoms with Crippen LogP contribution in [0, 0.1) is 19.3 Å². The van der Waals surface area contributed by atoms with Crippen LogP contribution in [0.1, 0.15) is 76.8 Å². The zero-order valence-corrected chi connectivity index (χ0v) is 21.2. The van der Waals surface area contributed by atoms with Crippen molar-refractivity contribution in [3.05, 3.63) is 56.0 Å². The summed E-state index contributed by atoms with van der Waals surface area (Å²) in [6.07, 6.45) is 5.33. The van der Waals surface area contributed by atoms with E-state index in [0.717, 1.165) is 79.2 Å². The summed E-state index contributed by atoms with van der Waals surface area (Å²) in [5, 5.41) is 14.5. The van der Waals surface area contributed by atoms with Crippen LogP contribution in [0.25, 0.3) is 0 Å². The van der Waals surface area contributed by atoms with Crippen LogP contribution >= 0.6 is 0 Å². The third-order valence-electron chi connectivity index (χ3n) is 7.20. The van der Waals surface area contributed by atoms with Gasteiger partial charge in [0.05, 0.1) is 5.69 Å². The van der Waals surface area contributed by atoms with Gasteiger partial charge in [-0.05, 0) is 75.6 Å². The predicted octanol–water partition coefficient (Wildman–Crippen LogP) is 3.84. The fourth-order valence-corrected chi connectivity index (χ4v) is 5.30. The number of carbonyl (C=O) groups excluding carboxylic acids is 1. The molecule has 2 aliphatic rings. The van der Waals surface area contributed by atoms with Crippen molar-refractivity contribution in [2.75, 3.05) is 37.0 Å². The van der Waals surface area contributed by atoms with Crippen molar-refractivity contribution in [3.63, 3.8) is 0 Å². The van der Waals surface area contributed by atoms with Crippen LogP contribution in [0.2, 0.25) is 0 Å². The normalized spacial score (nSPS) is 16.1. The zero-order valence-electron chi connectivity index (χ0n) is 21.2. The molecule has 1 aliphatic heterocycles. The van der Waals surface area contributed by atoms with Gasteiger partial charge in [-0.25, -0.2) is 0 Å². The van der Waals surface area contributed by atoms with E-state index in [1.165, 1.54) is 6.21 Å². The standard InChI is InChI=1S/C27H37N5O3/c1-5-32(19-8-10-35-11-9-19)25-21(14-28)23(29-4)13-20(24(25)18-6-7-18)26(33)30-15-22-16(2)12-17(3)31-27(22)34/h12-14,18-19,28-29H,5-11,15H2,1-4H3,(H,30,33)(H,31,34). The van der Waals surface area contributed by atoms with Crippen molar-refractivity contribution in [3.8, 4) is 0 Å². The van der Waals surface area contributed by atoms with Crippen LogP contribution in [-0.4, -0.2) is 50.0 Å². The molecule has 1 amide bonds. The smallest absolute Gasteiger partial charge is 0.253 e. The lowest BCUT2D eigenvalue weighted by Gasteiger charge is -2.38. The molecule has 1 saturated heterocycles. The summed E-state index contributed by atoms with van der Waals surface area (Å²) < 4.78 is 5.61. The van der Waals surface area contributed by atoms with Gasteiger partial charge in [0.1, 0.15) is 0 Å². The maximum atomic E-state index is 13.6. The van der Waals surface area contributed by atoms with Crippen LogP contribution in [0.3, 0.4) is 0 Å². The largest absolute Gasteiger partial charge is 0.388 e. The molecule has 8 nitrogen and oxygen atoms in total. The van der Waals surface area contributed by atoms with Gasteiger partial charge in [0.25, 0.3) is 11.5 Å². The number of anilines is 2. The monoisotopic (exact) mass is 479 g/mol. The Morgan fingerprint density at radius 3 is 2.51 bits per heavy atom. The molecule has 35 heavy (non-hydrogen) atoms. The first-order valence-corrected chi connectivity index (χ1v) is 12.6. The number of H-pyrrole nitrogens is 1. The molecular weight excluding hydrogens is 442 g/mol. The molecule has 0 unspecified atom stereocenters. The van der Waals surface area contributed by atoms with Gasteiger partial charge in [-0.15, -0.1) is 0 Å². The third kappa shape index (κ3) is 5.12. The van der Waals surface area contributed by atoms with E-state index in [2.05, 4.69) is 27.4 Å². The van der Waals surface area contributed by atoms with Gasteiger partial charge in [0.15, 0.2) is 0 Å². The number of aromatic amines is 1. The summed E-state index contributed by atoms with van der Waals surface area (Å²) in [4.78, 5) is 31.3. The molecule has 2 fully saturated rings. The molecule has 0 atom stereocenters. The number of nitrogens with zero attached hydrogens (tertiary/aromatic N) is 1. The number of aryl methyl sites for hydroxylation is 2. The summed E-state index contributed by atoms with van der Waals surface area (Å²) >= 11 is 0. The van der Waals surface area contributed by atoms with E-state index in [4.69, 9.17) is 10.1 Å². The van der Waals surface area contributed by atoms with Gasteiger partial charge in [-0.2, -0.15) is 0 Å². The number of aromatic nitrogens is 1. The highest BCUT2D eigenvalue weighted by molar-refractivity contribution is 6.04. The number of pyridine rings is 1. The first-order valence-electron chi connectivity index (χ1n) is 12.6. The zero-order chi connectivity index (χ0) is 25.1. The van der Waals surface area contributed by atoms with Crippen LogP contribution in [0.15, 0.2) is 16.9 Å².